The van der Waals surface area contributed by atoms with Crippen LogP contribution in [0.25, 0.3) is 0 Å². The number of aromatic amines is 1. The van der Waals surface area contributed by atoms with E-state index in [0.717, 1.165) is 18.3 Å². The van der Waals surface area contributed by atoms with Gasteiger partial charge in [-0.05, 0) is 18.2 Å². The maximum absolute atomic E-state index is 12.9. The molecule has 1 aromatic carbocycles. The first-order valence-corrected chi connectivity index (χ1v) is 5.88. The molecular formula is C11H8F3N5OS. The third-order valence-electron chi connectivity index (χ3n) is 2.50. The van der Waals surface area contributed by atoms with Crippen molar-refractivity contribution in [1.82, 2.24) is 15.4 Å². The van der Waals surface area contributed by atoms with Crippen molar-refractivity contribution >= 4 is 28.8 Å². The summed E-state index contributed by atoms with van der Waals surface area (Å²) >= 11 is 4.58. The molecule has 1 aromatic heterocycles. The molecule has 0 bridgehead atoms. The molecule has 0 atom stereocenters. The molecule has 1 heterocycles. The SMILES string of the molecule is NC(=S)c1ccc(NC(=O)c2cn[nH]n2)cc1C(F)(F)F. The number of amides is 1. The summed E-state index contributed by atoms with van der Waals surface area (Å²) in [5.41, 5.74) is 3.82. The summed E-state index contributed by atoms with van der Waals surface area (Å²) in [7, 11) is 0. The number of benzene rings is 1. The molecule has 0 aliphatic rings. The second-order valence-corrected chi connectivity index (χ2v) is 4.37. The number of aromatic nitrogens is 3. The van der Waals surface area contributed by atoms with Crippen LogP contribution >= 0.6 is 12.2 Å². The highest BCUT2D eigenvalue weighted by Crippen LogP contribution is 2.33. The largest absolute Gasteiger partial charge is 0.417 e. The normalized spacial score (nSPS) is 11.2. The topological polar surface area (TPSA) is 96.7 Å². The van der Waals surface area contributed by atoms with Crippen LogP contribution in [0.5, 0.6) is 0 Å². The van der Waals surface area contributed by atoms with E-state index in [1.165, 1.54) is 6.07 Å². The Hall–Kier alpha value is -2.49. The molecule has 10 heteroatoms. The zero-order valence-corrected chi connectivity index (χ0v) is 11.0. The van der Waals surface area contributed by atoms with Crippen molar-refractivity contribution < 1.29 is 18.0 Å². The third-order valence-corrected chi connectivity index (χ3v) is 2.72. The molecule has 4 N–H and O–H groups in total. The van der Waals surface area contributed by atoms with E-state index >= 15 is 0 Å². The zero-order chi connectivity index (χ0) is 15.6. The van der Waals surface area contributed by atoms with Crippen molar-refractivity contribution in [3.63, 3.8) is 0 Å². The number of thiocarbonyl (C=S) groups is 1. The van der Waals surface area contributed by atoms with Gasteiger partial charge in [0.25, 0.3) is 5.91 Å². The van der Waals surface area contributed by atoms with Gasteiger partial charge >= 0.3 is 6.18 Å². The maximum Gasteiger partial charge on any atom is 0.417 e. The van der Waals surface area contributed by atoms with Gasteiger partial charge in [-0.15, -0.1) is 0 Å². The van der Waals surface area contributed by atoms with E-state index in [0.29, 0.717) is 0 Å². The summed E-state index contributed by atoms with van der Waals surface area (Å²) in [5.74, 6) is -0.694. The molecule has 2 rings (SSSR count). The molecule has 0 aliphatic carbocycles. The molecular weight excluding hydrogens is 307 g/mol. The van der Waals surface area contributed by atoms with Crippen molar-refractivity contribution in [3.8, 4) is 0 Å². The number of H-pyrrole nitrogens is 1. The number of halogens is 3. The average Bonchev–Trinajstić information content (AvgIpc) is 2.91. The van der Waals surface area contributed by atoms with Gasteiger partial charge in [-0.25, -0.2) is 0 Å². The molecule has 0 saturated carbocycles. The lowest BCUT2D eigenvalue weighted by Gasteiger charge is -2.14. The monoisotopic (exact) mass is 315 g/mol. The Morgan fingerprint density at radius 3 is 2.62 bits per heavy atom. The Morgan fingerprint density at radius 1 is 1.38 bits per heavy atom. The first-order valence-electron chi connectivity index (χ1n) is 5.47. The van der Waals surface area contributed by atoms with Crippen molar-refractivity contribution in [2.75, 3.05) is 5.32 Å². The number of rotatable bonds is 3. The predicted octanol–water partition coefficient (Wildman–Crippen LogP) is 1.71. The lowest BCUT2D eigenvalue weighted by atomic mass is 10.1. The Morgan fingerprint density at radius 2 is 2.10 bits per heavy atom. The van der Waals surface area contributed by atoms with Crippen LogP contribution in [0.4, 0.5) is 18.9 Å². The molecule has 0 fully saturated rings. The standard InChI is InChI=1S/C11H8F3N5OS/c12-11(13,14)7-3-5(1-2-6(7)9(15)21)17-10(20)8-4-16-19-18-8/h1-4H,(H2,15,21)(H,17,20)(H,16,18,19). The van der Waals surface area contributed by atoms with Gasteiger partial charge in [0.05, 0.1) is 11.8 Å². The van der Waals surface area contributed by atoms with Crippen LogP contribution < -0.4 is 11.1 Å². The van der Waals surface area contributed by atoms with Crippen molar-refractivity contribution in [2.24, 2.45) is 5.73 Å². The van der Waals surface area contributed by atoms with E-state index in [1.54, 1.807) is 0 Å². The van der Waals surface area contributed by atoms with Gasteiger partial charge in [0.15, 0.2) is 5.69 Å². The summed E-state index contributed by atoms with van der Waals surface area (Å²) in [6.45, 7) is 0. The highest BCUT2D eigenvalue weighted by atomic mass is 32.1. The lowest BCUT2D eigenvalue weighted by Crippen LogP contribution is -2.19. The van der Waals surface area contributed by atoms with E-state index < -0.39 is 17.6 Å². The summed E-state index contributed by atoms with van der Waals surface area (Å²) in [5, 5.41) is 11.4. The molecule has 0 aliphatic heterocycles. The molecule has 0 saturated heterocycles. The van der Waals surface area contributed by atoms with E-state index in [2.05, 4.69) is 32.9 Å². The van der Waals surface area contributed by atoms with Crippen LogP contribution in [-0.2, 0) is 6.18 Å². The summed E-state index contributed by atoms with van der Waals surface area (Å²) in [6, 6.07) is 3.12. The quantitative estimate of drug-likeness (QED) is 0.749. The first kappa shape index (κ1) is 14.9. The highest BCUT2D eigenvalue weighted by molar-refractivity contribution is 7.80. The van der Waals surface area contributed by atoms with Crippen LogP contribution in [-0.4, -0.2) is 26.3 Å². The van der Waals surface area contributed by atoms with Crippen LogP contribution in [0.1, 0.15) is 21.6 Å². The van der Waals surface area contributed by atoms with Crippen LogP contribution in [0.3, 0.4) is 0 Å². The minimum absolute atomic E-state index is 0.0537. The number of nitrogens with zero attached hydrogens (tertiary/aromatic N) is 2. The van der Waals surface area contributed by atoms with Crippen LogP contribution in [0.15, 0.2) is 24.4 Å². The van der Waals surface area contributed by atoms with Crippen molar-refractivity contribution in [1.29, 1.82) is 0 Å². The molecule has 6 nitrogen and oxygen atoms in total. The first-order chi connectivity index (χ1) is 9.79. The number of carbonyl (C=O) groups excluding carboxylic acids is 1. The van der Waals surface area contributed by atoms with Gasteiger partial charge in [-0.3, -0.25) is 4.79 Å². The van der Waals surface area contributed by atoms with E-state index in [1.807, 2.05) is 0 Å². The fraction of sp³-hybridized carbons (Fsp3) is 0.0909. The van der Waals surface area contributed by atoms with Crippen LogP contribution in [0, 0.1) is 0 Å². The smallest absolute Gasteiger partial charge is 0.389 e. The second-order valence-electron chi connectivity index (χ2n) is 3.93. The molecule has 21 heavy (non-hydrogen) atoms. The summed E-state index contributed by atoms with van der Waals surface area (Å²) in [6.07, 6.45) is -3.50. The molecule has 0 spiro atoms. The van der Waals surface area contributed by atoms with E-state index in [4.69, 9.17) is 5.73 Å². The lowest BCUT2D eigenvalue weighted by molar-refractivity contribution is -0.137. The van der Waals surface area contributed by atoms with E-state index in [-0.39, 0.29) is 21.9 Å². The molecule has 1 amide bonds. The van der Waals surface area contributed by atoms with E-state index in [9.17, 15) is 18.0 Å². The summed E-state index contributed by atoms with van der Waals surface area (Å²) in [4.78, 5) is 11.3. The molecule has 0 radical (unpaired) electrons. The van der Waals surface area contributed by atoms with Crippen molar-refractivity contribution in [2.45, 2.75) is 6.18 Å². The highest BCUT2D eigenvalue weighted by Gasteiger charge is 2.34. The van der Waals surface area contributed by atoms with Gasteiger partial charge < -0.3 is 11.1 Å². The molecule has 110 valence electrons. The minimum Gasteiger partial charge on any atom is -0.389 e. The van der Waals surface area contributed by atoms with Gasteiger partial charge in [0, 0.05) is 11.3 Å². The number of carbonyl (C=O) groups is 1. The number of hydrogen-bond donors (Lipinski definition) is 3. The third kappa shape index (κ3) is 3.34. The molecule has 2 aromatic rings. The van der Waals surface area contributed by atoms with Crippen molar-refractivity contribution in [3.05, 3.63) is 41.2 Å². The predicted molar refractivity (Wildman–Crippen MR) is 71.7 cm³/mol. The summed E-state index contributed by atoms with van der Waals surface area (Å²) < 4.78 is 38.8. The number of nitrogens with two attached hydrogens (primary N) is 1. The minimum atomic E-state index is -4.65. The second kappa shape index (κ2) is 5.48. The Bertz CT molecular complexity index is 684. The number of nitrogens with one attached hydrogen (secondary N) is 2. The number of alkyl halides is 3. The van der Waals surface area contributed by atoms with Gasteiger partial charge in [-0.1, -0.05) is 12.2 Å². The Balaban J connectivity index is 2.34. The number of anilines is 1. The Kier molecular flexibility index (Phi) is 3.89. The van der Waals surface area contributed by atoms with Gasteiger partial charge in [0.1, 0.15) is 4.99 Å². The number of hydrogen-bond acceptors (Lipinski definition) is 4. The fourth-order valence-electron chi connectivity index (χ4n) is 1.58. The molecule has 0 unspecified atom stereocenters. The average molecular weight is 315 g/mol. The van der Waals surface area contributed by atoms with Gasteiger partial charge in [-0.2, -0.15) is 28.6 Å². The maximum atomic E-state index is 12.9. The zero-order valence-electron chi connectivity index (χ0n) is 10.2. The van der Waals surface area contributed by atoms with Gasteiger partial charge in [0.2, 0.25) is 0 Å². The Labute approximate surface area is 121 Å². The van der Waals surface area contributed by atoms with Crippen LogP contribution in [0.2, 0.25) is 0 Å². The fourth-order valence-corrected chi connectivity index (χ4v) is 1.76.